The number of carbonyl (C=O) groups is 1. The first-order valence-electron chi connectivity index (χ1n) is 6.48. The number of rotatable bonds is 4. The zero-order chi connectivity index (χ0) is 15.5. The van der Waals surface area contributed by atoms with E-state index in [2.05, 4.69) is 20.3 Å². The second-order valence-electron chi connectivity index (χ2n) is 4.57. The van der Waals surface area contributed by atoms with Crippen molar-refractivity contribution >= 4 is 23.2 Å². The molecule has 3 heterocycles. The second kappa shape index (κ2) is 5.94. The third-order valence-electron chi connectivity index (χ3n) is 2.88. The Kier molecular flexibility index (Phi) is 3.84. The second-order valence-corrected chi connectivity index (χ2v) is 5.29. The van der Waals surface area contributed by atoms with E-state index in [1.807, 2.05) is 18.4 Å². The van der Waals surface area contributed by atoms with Crippen LogP contribution in [0.2, 0.25) is 0 Å². The molecule has 22 heavy (non-hydrogen) atoms. The Balaban J connectivity index is 1.81. The summed E-state index contributed by atoms with van der Waals surface area (Å²) in [4.78, 5) is 24.3. The number of furan rings is 1. The summed E-state index contributed by atoms with van der Waals surface area (Å²) in [5.74, 6) is 0.971. The number of nitrogen functional groups attached to an aromatic ring is 1. The number of nitrogens with zero attached hydrogens (tertiary/aromatic N) is 3. The number of nitrogens with two attached hydrogens (primary N) is 1. The summed E-state index contributed by atoms with van der Waals surface area (Å²) in [5, 5.41) is 4.61. The van der Waals surface area contributed by atoms with Gasteiger partial charge in [0.1, 0.15) is 17.1 Å². The van der Waals surface area contributed by atoms with Gasteiger partial charge in [0, 0.05) is 5.38 Å². The highest BCUT2D eigenvalue weighted by molar-refractivity contribution is 7.07. The zero-order valence-electron chi connectivity index (χ0n) is 11.7. The van der Waals surface area contributed by atoms with E-state index in [1.165, 1.54) is 11.3 Å². The van der Waals surface area contributed by atoms with Crippen molar-refractivity contribution in [3.63, 3.8) is 0 Å². The molecule has 1 amide bonds. The molecule has 3 N–H and O–H groups in total. The Hall–Kier alpha value is -2.74. The van der Waals surface area contributed by atoms with Gasteiger partial charge in [-0.2, -0.15) is 0 Å². The van der Waals surface area contributed by atoms with Crippen LogP contribution < -0.4 is 11.1 Å². The lowest BCUT2D eigenvalue weighted by atomic mass is 10.2. The average molecular weight is 315 g/mol. The highest BCUT2D eigenvalue weighted by atomic mass is 32.1. The number of thiazole rings is 1. The Bertz CT molecular complexity index is 797. The van der Waals surface area contributed by atoms with Crippen molar-refractivity contribution in [1.82, 2.24) is 20.3 Å². The van der Waals surface area contributed by atoms with Gasteiger partial charge in [0.2, 0.25) is 5.95 Å². The molecule has 0 bridgehead atoms. The van der Waals surface area contributed by atoms with Crippen LogP contribution in [0.5, 0.6) is 0 Å². The molecule has 7 nitrogen and oxygen atoms in total. The first-order valence-corrected chi connectivity index (χ1v) is 7.43. The smallest absolute Gasteiger partial charge is 0.270 e. The Morgan fingerprint density at radius 2 is 2.27 bits per heavy atom. The Morgan fingerprint density at radius 3 is 2.95 bits per heavy atom. The lowest BCUT2D eigenvalue weighted by Crippen LogP contribution is -2.24. The van der Waals surface area contributed by atoms with Crippen LogP contribution in [-0.4, -0.2) is 20.9 Å². The van der Waals surface area contributed by atoms with Gasteiger partial charge in [-0.15, -0.1) is 11.3 Å². The molecule has 3 aromatic heterocycles. The van der Waals surface area contributed by atoms with Crippen molar-refractivity contribution in [3.8, 4) is 11.5 Å². The van der Waals surface area contributed by atoms with E-state index in [4.69, 9.17) is 10.2 Å². The maximum absolute atomic E-state index is 12.2. The summed E-state index contributed by atoms with van der Waals surface area (Å²) in [6.45, 7) is 2.16. The molecule has 0 aromatic carbocycles. The van der Waals surface area contributed by atoms with Gasteiger partial charge >= 0.3 is 0 Å². The minimum Gasteiger partial charge on any atom is -0.460 e. The summed E-state index contributed by atoms with van der Waals surface area (Å²) < 4.78 is 5.49. The normalized spacial score (nSPS) is 10.6. The van der Waals surface area contributed by atoms with Crippen LogP contribution in [0.3, 0.4) is 0 Å². The summed E-state index contributed by atoms with van der Waals surface area (Å²) in [6.07, 6.45) is 0. The standard InChI is InChI=1S/C14H13N5O2S/c1-8-2-3-12(21-8)10-4-11(19-14(15)18-10)13(20)16-5-9-6-22-7-17-9/h2-4,6-7H,5H2,1H3,(H,16,20)(H2,15,18,19). The number of aromatic nitrogens is 3. The van der Waals surface area contributed by atoms with E-state index < -0.39 is 0 Å². The fraction of sp³-hybridized carbons (Fsp3) is 0.143. The number of carbonyl (C=O) groups excluding carboxylic acids is 1. The SMILES string of the molecule is Cc1ccc(-c2cc(C(=O)NCc3cscn3)nc(N)n2)o1. The van der Waals surface area contributed by atoms with Gasteiger partial charge in [0.25, 0.3) is 5.91 Å². The zero-order valence-corrected chi connectivity index (χ0v) is 12.6. The Labute approximate surface area is 130 Å². The van der Waals surface area contributed by atoms with E-state index in [9.17, 15) is 4.79 Å². The van der Waals surface area contributed by atoms with Gasteiger partial charge in [-0.05, 0) is 25.1 Å². The molecular formula is C14H13N5O2S. The molecule has 0 spiro atoms. The molecule has 0 aliphatic carbocycles. The van der Waals surface area contributed by atoms with Gasteiger partial charge in [-0.25, -0.2) is 15.0 Å². The minimum atomic E-state index is -0.341. The number of aryl methyl sites for hydroxylation is 1. The number of amides is 1. The molecule has 3 aromatic rings. The van der Waals surface area contributed by atoms with Gasteiger partial charge in [0.15, 0.2) is 5.76 Å². The molecule has 0 aliphatic heterocycles. The average Bonchev–Trinajstić information content (AvgIpc) is 3.15. The molecule has 0 aliphatic rings. The lowest BCUT2D eigenvalue weighted by molar-refractivity contribution is 0.0945. The van der Waals surface area contributed by atoms with Crippen molar-refractivity contribution in [1.29, 1.82) is 0 Å². The van der Waals surface area contributed by atoms with Crippen LogP contribution in [0.15, 0.2) is 33.5 Å². The van der Waals surface area contributed by atoms with Crippen LogP contribution in [0, 0.1) is 6.92 Å². The van der Waals surface area contributed by atoms with Gasteiger partial charge in [0.05, 0.1) is 17.7 Å². The molecule has 8 heteroatoms. The Morgan fingerprint density at radius 1 is 1.41 bits per heavy atom. The van der Waals surface area contributed by atoms with Gasteiger partial charge in [-0.1, -0.05) is 0 Å². The summed E-state index contributed by atoms with van der Waals surface area (Å²) in [5.41, 5.74) is 8.84. The van der Waals surface area contributed by atoms with E-state index >= 15 is 0 Å². The number of anilines is 1. The van der Waals surface area contributed by atoms with Crippen LogP contribution >= 0.6 is 11.3 Å². The van der Waals surface area contributed by atoms with Crippen molar-refractivity contribution in [2.45, 2.75) is 13.5 Å². The molecular weight excluding hydrogens is 302 g/mol. The van der Waals surface area contributed by atoms with E-state index in [1.54, 1.807) is 17.6 Å². The predicted octanol–water partition coefficient (Wildman–Crippen LogP) is 2.01. The van der Waals surface area contributed by atoms with Crippen molar-refractivity contribution in [2.24, 2.45) is 0 Å². The first kappa shape index (κ1) is 14.2. The summed E-state index contributed by atoms with van der Waals surface area (Å²) in [6, 6.07) is 5.13. The largest absolute Gasteiger partial charge is 0.460 e. The molecule has 0 saturated carbocycles. The third kappa shape index (κ3) is 3.12. The molecule has 0 unspecified atom stereocenters. The summed E-state index contributed by atoms with van der Waals surface area (Å²) in [7, 11) is 0. The van der Waals surface area contributed by atoms with Gasteiger partial charge < -0.3 is 15.5 Å². The topological polar surface area (TPSA) is 107 Å². The van der Waals surface area contributed by atoms with Gasteiger partial charge in [-0.3, -0.25) is 4.79 Å². The molecule has 0 fully saturated rings. The summed E-state index contributed by atoms with van der Waals surface area (Å²) >= 11 is 1.47. The highest BCUT2D eigenvalue weighted by Gasteiger charge is 2.13. The fourth-order valence-corrected chi connectivity index (χ4v) is 2.43. The van der Waals surface area contributed by atoms with E-state index in [-0.39, 0.29) is 17.5 Å². The fourth-order valence-electron chi connectivity index (χ4n) is 1.87. The molecule has 112 valence electrons. The molecule has 0 radical (unpaired) electrons. The molecule has 0 atom stereocenters. The highest BCUT2D eigenvalue weighted by Crippen LogP contribution is 2.21. The number of nitrogens with one attached hydrogen (secondary N) is 1. The van der Waals surface area contributed by atoms with Crippen LogP contribution in [0.1, 0.15) is 21.9 Å². The van der Waals surface area contributed by atoms with Crippen LogP contribution in [0.4, 0.5) is 5.95 Å². The van der Waals surface area contributed by atoms with E-state index in [0.717, 1.165) is 11.5 Å². The van der Waals surface area contributed by atoms with Crippen LogP contribution in [-0.2, 0) is 6.54 Å². The van der Waals surface area contributed by atoms with Crippen molar-refractivity contribution < 1.29 is 9.21 Å². The quantitative estimate of drug-likeness (QED) is 0.762. The van der Waals surface area contributed by atoms with Crippen molar-refractivity contribution in [2.75, 3.05) is 5.73 Å². The molecule has 0 saturated heterocycles. The van der Waals surface area contributed by atoms with E-state index in [0.29, 0.717) is 18.0 Å². The first-order chi connectivity index (χ1) is 10.6. The minimum absolute atomic E-state index is 0.0189. The monoisotopic (exact) mass is 315 g/mol. The van der Waals surface area contributed by atoms with Crippen molar-refractivity contribution in [3.05, 3.63) is 46.2 Å². The maximum Gasteiger partial charge on any atom is 0.270 e. The molecule has 3 rings (SSSR count). The number of hydrogen-bond acceptors (Lipinski definition) is 7. The maximum atomic E-state index is 12.2. The third-order valence-corrected chi connectivity index (χ3v) is 3.52. The van der Waals surface area contributed by atoms with Crippen LogP contribution in [0.25, 0.3) is 11.5 Å². The lowest BCUT2D eigenvalue weighted by Gasteiger charge is -2.05. The number of hydrogen-bond donors (Lipinski definition) is 2. The predicted molar refractivity (Wildman–Crippen MR) is 82.2 cm³/mol.